The summed E-state index contributed by atoms with van der Waals surface area (Å²) < 4.78 is 26.9. The van der Waals surface area contributed by atoms with Gasteiger partial charge in [0.05, 0.1) is 17.2 Å². The lowest BCUT2D eigenvalue weighted by atomic mass is 10.1. The first-order chi connectivity index (χ1) is 9.91. The molecule has 0 saturated heterocycles. The van der Waals surface area contributed by atoms with Gasteiger partial charge in [-0.25, -0.2) is 17.4 Å². The Morgan fingerprint density at radius 3 is 2.33 bits per heavy atom. The summed E-state index contributed by atoms with van der Waals surface area (Å²) >= 11 is 0. The summed E-state index contributed by atoms with van der Waals surface area (Å²) in [6.07, 6.45) is 0. The van der Waals surface area contributed by atoms with Crippen LogP contribution in [0.2, 0.25) is 0 Å². The predicted molar refractivity (Wildman–Crippen MR) is 77.9 cm³/mol. The minimum Gasteiger partial charge on any atom is -0.390 e. The Hall–Kier alpha value is -1.77. The first-order valence-corrected chi connectivity index (χ1v) is 7.92. The third-order valence-corrected chi connectivity index (χ3v) is 4.99. The van der Waals surface area contributed by atoms with Crippen LogP contribution < -0.4 is 0 Å². The second-order valence-corrected chi connectivity index (χ2v) is 6.82. The van der Waals surface area contributed by atoms with E-state index in [1.165, 1.54) is 18.4 Å². The molecule has 0 aliphatic carbocycles. The Morgan fingerprint density at radius 1 is 1.24 bits per heavy atom. The quantitative estimate of drug-likeness (QED) is 0.878. The number of hydrogen-bond donors (Lipinski definition) is 1. The molecule has 1 aromatic carbocycles. The SMILES string of the molecule is CCn1nnc(CO)c1-c1ccc(S(=O)(=O)N(C)C)cc1. The molecule has 0 aliphatic rings. The van der Waals surface area contributed by atoms with Crippen LogP contribution in [0.5, 0.6) is 0 Å². The van der Waals surface area contributed by atoms with Gasteiger partial charge in [0, 0.05) is 26.2 Å². The number of benzene rings is 1. The maximum Gasteiger partial charge on any atom is 0.242 e. The summed E-state index contributed by atoms with van der Waals surface area (Å²) in [6.45, 7) is 2.32. The van der Waals surface area contributed by atoms with E-state index in [1.807, 2.05) is 6.92 Å². The topological polar surface area (TPSA) is 88.3 Å². The van der Waals surface area contributed by atoms with E-state index in [0.29, 0.717) is 17.9 Å². The molecule has 0 radical (unpaired) electrons. The maximum absolute atomic E-state index is 12.0. The molecule has 0 atom stereocenters. The standard InChI is InChI=1S/C13H18N4O3S/c1-4-17-13(12(9-18)14-15-17)10-5-7-11(8-6-10)21(19,20)16(2)3/h5-8,18H,4,9H2,1-3H3. The van der Waals surface area contributed by atoms with Gasteiger partial charge in [0.15, 0.2) is 0 Å². The third kappa shape index (κ3) is 2.82. The number of sulfonamides is 1. The molecular weight excluding hydrogens is 292 g/mol. The van der Waals surface area contributed by atoms with Crippen LogP contribution in [0.3, 0.4) is 0 Å². The Balaban J connectivity index is 2.47. The zero-order chi connectivity index (χ0) is 15.6. The van der Waals surface area contributed by atoms with Gasteiger partial charge in [-0.3, -0.25) is 0 Å². The van der Waals surface area contributed by atoms with Gasteiger partial charge in [-0.15, -0.1) is 5.10 Å². The van der Waals surface area contributed by atoms with Crippen LogP contribution in [0.4, 0.5) is 0 Å². The first kappa shape index (κ1) is 15.6. The lowest BCUT2D eigenvalue weighted by molar-refractivity contribution is 0.277. The number of aryl methyl sites for hydroxylation is 1. The second kappa shape index (κ2) is 5.92. The van der Waals surface area contributed by atoms with Crippen LogP contribution in [-0.4, -0.2) is 46.9 Å². The largest absolute Gasteiger partial charge is 0.390 e. The fourth-order valence-corrected chi connectivity index (χ4v) is 2.89. The molecule has 0 fully saturated rings. The van der Waals surface area contributed by atoms with Gasteiger partial charge < -0.3 is 5.11 Å². The van der Waals surface area contributed by atoms with Crippen molar-refractivity contribution in [2.45, 2.75) is 25.0 Å². The normalized spacial score (nSPS) is 12.0. The van der Waals surface area contributed by atoms with Crippen LogP contribution >= 0.6 is 0 Å². The summed E-state index contributed by atoms with van der Waals surface area (Å²) in [5, 5.41) is 17.2. The molecule has 21 heavy (non-hydrogen) atoms. The lowest BCUT2D eigenvalue weighted by Crippen LogP contribution is -2.22. The molecule has 0 spiro atoms. The van der Waals surface area contributed by atoms with Crippen molar-refractivity contribution in [2.24, 2.45) is 0 Å². The van der Waals surface area contributed by atoms with E-state index in [9.17, 15) is 13.5 Å². The zero-order valence-corrected chi connectivity index (χ0v) is 13.0. The highest BCUT2D eigenvalue weighted by molar-refractivity contribution is 7.89. The fraction of sp³-hybridized carbons (Fsp3) is 0.385. The Labute approximate surface area is 123 Å². The molecular formula is C13H18N4O3S. The Kier molecular flexibility index (Phi) is 4.40. The average Bonchev–Trinajstić information content (AvgIpc) is 2.90. The number of hydrogen-bond acceptors (Lipinski definition) is 5. The van der Waals surface area contributed by atoms with E-state index in [0.717, 1.165) is 5.56 Å². The summed E-state index contributed by atoms with van der Waals surface area (Å²) in [7, 11) is -0.469. The molecule has 0 bridgehead atoms. The summed E-state index contributed by atoms with van der Waals surface area (Å²) in [5.41, 5.74) is 1.94. The smallest absolute Gasteiger partial charge is 0.242 e. The Morgan fingerprint density at radius 2 is 1.86 bits per heavy atom. The van der Waals surface area contributed by atoms with Crippen molar-refractivity contribution in [1.82, 2.24) is 19.3 Å². The molecule has 1 heterocycles. The number of aliphatic hydroxyl groups is 1. The van der Waals surface area contributed by atoms with Crippen LogP contribution in [0.15, 0.2) is 29.2 Å². The zero-order valence-electron chi connectivity index (χ0n) is 12.2. The molecule has 0 amide bonds. The van der Waals surface area contributed by atoms with Gasteiger partial charge in [0.1, 0.15) is 5.69 Å². The minimum absolute atomic E-state index is 0.215. The summed E-state index contributed by atoms with van der Waals surface area (Å²) in [5.74, 6) is 0. The number of rotatable bonds is 5. The molecule has 2 aromatic rings. The number of aliphatic hydroxyl groups excluding tert-OH is 1. The van der Waals surface area contributed by atoms with Gasteiger partial charge in [0.25, 0.3) is 0 Å². The van der Waals surface area contributed by atoms with Gasteiger partial charge in [-0.05, 0) is 19.1 Å². The van der Waals surface area contributed by atoms with Crippen molar-refractivity contribution >= 4 is 10.0 Å². The molecule has 0 unspecified atom stereocenters. The highest BCUT2D eigenvalue weighted by atomic mass is 32.2. The van der Waals surface area contributed by atoms with E-state index >= 15 is 0 Å². The second-order valence-electron chi connectivity index (χ2n) is 4.67. The van der Waals surface area contributed by atoms with Crippen LogP contribution in [0.25, 0.3) is 11.3 Å². The Bertz CT molecular complexity index is 699. The molecule has 7 nitrogen and oxygen atoms in total. The van der Waals surface area contributed by atoms with Gasteiger partial charge in [-0.1, -0.05) is 17.3 Å². The number of nitrogens with zero attached hydrogens (tertiary/aromatic N) is 4. The molecule has 1 aromatic heterocycles. The monoisotopic (exact) mass is 310 g/mol. The molecule has 8 heteroatoms. The average molecular weight is 310 g/mol. The minimum atomic E-state index is -3.45. The fourth-order valence-electron chi connectivity index (χ4n) is 1.99. The van der Waals surface area contributed by atoms with Gasteiger partial charge >= 0.3 is 0 Å². The lowest BCUT2D eigenvalue weighted by Gasteiger charge is -2.12. The highest BCUT2D eigenvalue weighted by Crippen LogP contribution is 2.24. The van der Waals surface area contributed by atoms with Crippen molar-refractivity contribution in [2.75, 3.05) is 14.1 Å². The van der Waals surface area contributed by atoms with Crippen LogP contribution in [-0.2, 0) is 23.2 Å². The molecule has 1 N–H and O–H groups in total. The van der Waals surface area contributed by atoms with E-state index in [4.69, 9.17) is 0 Å². The molecule has 2 rings (SSSR count). The molecule has 114 valence electrons. The molecule has 0 saturated carbocycles. The first-order valence-electron chi connectivity index (χ1n) is 6.48. The van der Waals surface area contributed by atoms with E-state index < -0.39 is 10.0 Å². The van der Waals surface area contributed by atoms with Crippen molar-refractivity contribution < 1.29 is 13.5 Å². The van der Waals surface area contributed by atoms with Crippen molar-refractivity contribution in [3.8, 4) is 11.3 Å². The molecule has 0 aliphatic heterocycles. The third-order valence-electron chi connectivity index (χ3n) is 3.16. The van der Waals surface area contributed by atoms with Crippen molar-refractivity contribution in [3.05, 3.63) is 30.0 Å². The summed E-state index contributed by atoms with van der Waals surface area (Å²) in [6, 6.07) is 6.47. The van der Waals surface area contributed by atoms with E-state index in [2.05, 4.69) is 10.3 Å². The van der Waals surface area contributed by atoms with Gasteiger partial charge in [-0.2, -0.15) is 0 Å². The number of aromatic nitrogens is 3. The van der Waals surface area contributed by atoms with E-state index in [1.54, 1.807) is 28.9 Å². The van der Waals surface area contributed by atoms with Gasteiger partial charge in [0.2, 0.25) is 10.0 Å². The highest BCUT2D eigenvalue weighted by Gasteiger charge is 2.18. The van der Waals surface area contributed by atoms with Crippen LogP contribution in [0, 0.1) is 0 Å². The van der Waals surface area contributed by atoms with E-state index in [-0.39, 0.29) is 11.5 Å². The summed E-state index contributed by atoms with van der Waals surface area (Å²) in [4.78, 5) is 0.220. The predicted octanol–water partition coefficient (Wildman–Crippen LogP) is 0.708. The van der Waals surface area contributed by atoms with Crippen LogP contribution in [0.1, 0.15) is 12.6 Å². The van der Waals surface area contributed by atoms with Crippen molar-refractivity contribution in [1.29, 1.82) is 0 Å². The van der Waals surface area contributed by atoms with Crippen molar-refractivity contribution in [3.63, 3.8) is 0 Å². The maximum atomic E-state index is 12.0.